The number of hydrogen-bond acceptors (Lipinski definition) is 18. The van der Waals surface area contributed by atoms with Crippen molar-refractivity contribution in [2.45, 2.75) is 224 Å². The summed E-state index contributed by atoms with van der Waals surface area (Å²) >= 11 is 0. The molecule has 0 bridgehead atoms. The first-order valence-corrected chi connectivity index (χ1v) is 33.6. The SMILES string of the molecule is CCC[C@H](O)C(=O)N[C@@H]1C[C@H](NC(=O)OCc2ccccc2)[C@@H](O[C@H]2O[C@@H]3COC(c4ccccc4)O[C@H]3[C@H](O[Si](C)(C)C(C)(C)C)[C@H]2C)[C@H](O[C@@H]2O[C@H](CC)[C@@H](O[C@H]3O[C@@H](CNC(=O)OCc4ccccc4)[C@@H](C)[C@H](C)[C@H]3C)[C@H]2OCC=O)[C@H]1O. The number of carbonyl (C=O) groups excluding carboxylic acids is 4. The number of benzene rings is 3. The summed E-state index contributed by atoms with van der Waals surface area (Å²) in [6.07, 6.45) is -15.1. The Morgan fingerprint density at radius 3 is 1.90 bits per heavy atom. The second kappa shape index (κ2) is 30.5. The fourth-order valence-electron chi connectivity index (χ4n) is 11.7. The highest BCUT2D eigenvalue weighted by Gasteiger charge is 2.58. The van der Waals surface area contributed by atoms with Crippen LogP contribution < -0.4 is 16.0 Å². The molecule has 5 N–H and O–H groups in total. The van der Waals surface area contributed by atoms with Gasteiger partial charge in [0.1, 0.15) is 74.9 Å². The van der Waals surface area contributed by atoms with Crippen LogP contribution >= 0.6 is 0 Å². The summed E-state index contributed by atoms with van der Waals surface area (Å²) in [6.45, 7) is 22.5. The topological polar surface area (TPSA) is 256 Å². The first-order valence-electron chi connectivity index (χ1n) is 30.7. The van der Waals surface area contributed by atoms with Crippen molar-refractivity contribution < 1.29 is 85.9 Å². The van der Waals surface area contributed by atoms with Crippen LogP contribution in [0.3, 0.4) is 0 Å². The van der Waals surface area contributed by atoms with Crippen molar-refractivity contribution in [2.75, 3.05) is 19.8 Å². The zero-order valence-corrected chi connectivity index (χ0v) is 52.7. The molecule has 21 atom stereocenters. The van der Waals surface area contributed by atoms with Gasteiger partial charge in [0.25, 0.3) is 0 Å². The number of nitrogens with one attached hydrogen (secondary N) is 3. The summed E-state index contributed by atoms with van der Waals surface area (Å²) in [4.78, 5) is 53.2. The first kappa shape index (κ1) is 67.0. The van der Waals surface area contributed by atoms with Crippen molar-refractivity contribution in [3.63, 3.8) is 0 Å². The van der Waals surface area contributed by atoms with Crippen LogP contribution in [-0.4, -0.2) is 161 Å². The lowest BCUT2D eigenvalue weighted by molar-refractivity contribution is -0.364. The van der Waals surface area contributed by atoms with Gasteiger partial charge in [0, 0.05) is 23.9 Å². The molecule has 0 aromatic heterocycles. The minimum atomic E-state index is -2.57. The van der Waals surface area contributed by atoms with E-state index < -0.39 is 143 Å². The number of carbonyl (C=O) groups is 4. The third-order valence-corrected chi connectivity index (χ3v) is 22.7. The monoisotopic (exact) mass is 1220 g/mol. The molecular weight excluding hydrogens is 1130 g/mol. The molecule has 8 rings (SSSR count). The molecular formula is C64H93N3O18Si. The van der Waals surface area contributed by atoms with Gasteiger partial charge in [-0.3, -0.25) is 4.79 Å². The van der Waals surface area contributed by atoms with Gasteiger partial charge in [0.15, 0.2) is 33.5 Å². The molecule has 476 valence electrons. The number of amides is 3. The van der Waals surface area contributed by atoms with Crippen molar-refractivity contribution in [1.29, 1.82) is 0 Å². The Hall–Kier alpha value is -4.92. The van der Waals surface area contributed by atoms with Crippen molar-refractivity contribution in [3.05, 3.63) is 108 Å². The highest BCUT2D eigenvalue weighted by Crippen LogP contribution is 2.46. The lowest BCUT2D eigenvalue weighted by atomic mass is 9.79. The number of rotatable bonds is 24. The maximum atomic E-state index is 14.2. The van der Waals surface area contributed by atoms with Crippen LogP contribution in [0.5, 0.6) is 0 Å². The number of ether oxygens (including phenoxy) is 11. The molecule has 3 aromatic carbocycles. The molecule has 3 amide bonds. The Morgan fingerprint density at radius 2 is 1.28 bits per heavy atom. The largest absolute Gasteiger partial charge is 0.445 e. The molecule has 86 heavy (non-hydrogen) atoms. The maximum absolute atomic E-state index is 14.2. The van der Waals surface area contributed by atoms with E-state index in [2.05, 4.69) is 63.7 Å². The van der Waals surface area contributed by atoms with Gasteiger partial charge in [-0.25, -0.2) is 9.59 Å². The number of aldehydes is 1. The molecule has 22 heteroatoms. The maximum Gasteiger partial charge on any atom is 0.407 e. The first-order chi connectivity index (χ1) is 41.1. The zero-order chi connectivity index (χ0) is 61.9. The predicted octanol–water partition coefficient (Wildman–Crippen LogP) is 7.99. The summed E-state index contributed by atoms with van der Waals surface area (Å²) in [6, 6.07) is 25.9. The van der Waals surface area contributed by atoms with Crippen LogP contribution in [0.15, 0.2) is 91.0 Å². The third-order valence-electron chi connectivity index (χ3n) is 18.2. The van der Waals surface area contributed by atoms with Gasteiger partial charge in [-0.1, -0.05) is 160 Å². The second-order valence-corrected chi connectivity index (χ2v) is 29.9. The molecule has 1 aliphatic carbocycles. The molecule has 4 saturated heterocycles. The number of alkyl carbamates (subject to hydrolysis) is 2. The fourth-order valence-corrected chi connectivity index (χ4v) is 13.1. The molecule has 4 aliphatic heterocycles. The molecule has 0 spiro atoms. The number of aliphatic hydroxyl groups excluding tert-OH is 2. The van der Waals surface area contributed by atoms with Gasteiger partial charge in [0.2, 0.25) is 5.91 Å². The van der Waals surface area contributed by atoms with Crippen LogP contribution in [0, 0.1) is 23.7 Å². The lowest BCUT2D eigenvalue weighted by Crippen LogP contribution is -2.69. The van der Waals surface area contributed by atoms with Crippen LogP contribution in [0.2, 0.25) is 18.1 Å². The van der Waals surface area contributed by atoms with E-state index in [-0.39, 0.29) is 62.0 Å². The van der Waals surface area contributed by atoms with Crippen molar-refractivity contribution >= 4 is 32.7 Å². The highest BCUT2D eigenvalue weighted by atomic mass is 28.4. The number of aliphatic hydroxyl groups is 2. The van der Waals surface area contributed by atoms with E-state index in [4.69, 9.17) is 56.5 Å². The fraction of sp³-hybridized carbons (Fsp3) is 0.656. The van der Waals surface area contributed by atoms with Crippen LogP contribution in [0.1, 0.15) is 111 Å². The molecule has 3 aromatic rings. The van der Waals surface area contributed by atoms with Gasteiger partial charge in [-0.15, -0.1) is 0 Å². The molecule has 5 fully saturated rings. The molecule has 0 radical (unpaired) electrons. The minimum absolute atomic E-state index is 0.0160. The number of hydrogen-bond donors (Lipinski definition) is 5. The van der Waals surface area contributed by atoms with E-state index in [1.807, 2.05) is 119 Å². The Labute approximate surface area is 507 Å². The zero-order valence-electron chi connectivity index (χ0n) is 51.7. The third kappa shape index (κ3) is 16.7. The van der Waals surface area contributed by atoms with E-state index in [0.717, 1.165) is 16.7 Å². The van der Waals surface area contributed by atoms with E-state index in [9.17, 15) is 29.4 Å². The van der Waals surface area contributed by atoms with Gasteiger partial charge in [-0.05, 0) is 60.4 Å². The molecule has 5 aliphatic rings. The average Bonchev–Trinajstić information content (AvgIpc) is 1.55. The summed E-state index contributed by atoms with van der Waals surface area (Å²) in [7, 11) is -2.57. The average molecular weight is 1220 g/mol. The van der Waals surface area contributed by atoms with Gasteiger partial charge >= 0.3 is 12.2 Å². The van der Waals surface area contributed by atoms with Gasteiger partial charge < -0.3 is 87.5 Å². The smallest absolute Gasteiger partial charge is 0.407 e. The van der Waals surface area contributed by atoms with Crippen molar-refractivity contribution in [3.8, 4) is 0 Å². The van der Waals surface area contributed by atoms with Crippen LogP contribution in [-0.2, 0) is 79.3 Å². The number of fused-ring (bicyclic) bond motifs is 1. The van der Waals surface area contributed by atoms with E-state index >= 15 is 0 Å². The molecule has 1 saturated carbocycles. The van der Waals surface area contributed by atoms with Crippen LogP contribution in [0.4, 0.5) is 9.59 Å². The van der Waals surface area contributed by atoms with Gasteiger partial charge in [-0.2, -0.15) is 0 Å². The second-order valence-electron chi connectivity index (χ2n) is 25.2. The van der Waals surface area contributed by atoms with Crippen LogP contribution in [0.25, 0.3) is 0 Å². The lowest BCUT2D eigenvalue weighted by Gasteiger charge is -2.53. The Balaban J connectivity index is 1.11. The normalized spacial score (nSPS) is 34.2. The summed E-state index contributed by atoms with van der Waals surface area (Å²) in [5.74, 6) is -1.47. The van der Waals surface area contributed by atoms with E-state index in [0.29, 0.717) is 19.1 Å². The van der Waals surface area contributed by atoms with Crippen molar-refractivity contribution in [1.82, 2.24) is 16.0 Å². The van der Waals surface area contributed by atoms with Gasteiger partial charge in [0.05, 0.1) is 37.0 Å². The van der Waals surface area contributed by atoms with E-state index in [1.165, 1.54) is 0 Å². The summed E-state index contributed by atoms with van der Waals surface area (Å²) in [5.41, 5.74) is 2.41. The highest BCUT2D eigenvalue weighted by molar-refractivity contribution is 6.74. The van der Waals surface area contributed by atoms with Crippen molar-refractivity contribution in [2.24, 2.45) is 23.7 Å². The Kier molecular flexibility index (Phi) is 23.8. The predicted molar refractivity (Wildman–Crippen MR) is 317 cm³/mol. The minimum Gasteiger partial charge on any atom is -0.445 e. The standard InChI is InChI=1S/C64H93N3O18Si/c1-12-23-46(69)57(71)66-44-32-45(67-63(73)77-35-42-26-19-15-20-27-42)52(81-59-40(6)51(85-86(10,11)64(7,8)9)54-49(80-59)36-75-60(83-54)43-28-21-16-22-29-43)55(50(44)70)84-61-56(74-31-30-68)53(47(13-2)78-61)82-58-39(5)37(3)38(4)48(79-58)33-65-62(72)76-34-41-24-17-14-18-25-41/h14-22,24-30,37-40,44-56,58-61,69-70H,12-13,23,31-36H2,1-11H3,(H,65,72)(H,66,71)(H,67,73)/t37-,38-,39+,40+,44+,45-,46-,47+,48-,49+,50-,51+,52+,53+,54+,55+,56+,58+,59+,60?,61-/m0/s1. The molecule has 4 heterocycles. The Bertz CT molecular complexity index is 2610. The molecule has 21 nitrogen and oxygen atoms in total. The van der Waals surface area contributed by atoms with E-state index in [1.54, 1.807) is 0 Å². The Morgan fingerprint density at radius 1 is 0.686 bits per heavy atom. The summed E-state index contributed by atoms with van der Waals surface area (Å²) < 4.78 is 79.7. The molecule has 1 unspecified atom stereocenters. The summed E-state index contributed by atoms with van der Waals surface area (Å²) in [5, 5.41) is 32.3. The quantitative estimate of drug-likeness (QED) is 0.0421.